The lowest BCUT2D eigenvalue weighted by Crippen LogP contribution is -2.43. The van der Waals surface area contributed by atoms with E-state index in [1.54, 1.807) is 41.3 Å². The Morgan fingerprint density at radius 1 is 1.06 bits per heavy atom. The van der Waals surface area contributed by atoms with Crippen molar-refractivity contribution in [2.24, 2.45) is 5.92 Å². The number of anilines is 2. The number of sulfonamides is 1. The quantitative estimate of drug-likeness (QED) is 0.772. The first-order valence-electron chi connectivity index (χ1n) is 10.6. The third-order valence-electron chi connectivity index (χ3n) is 5.91. The van der Waals surface area contributed by atoms with Crippen molar-refractivity contribution in [2.75, 3.05) is 29.9 Å². The highest BCUT2D eigenvalue weighted by Gasteiger charge is 2.33. The molecule has 0 aliphatic carbocycles. The van der Waals surface area contributed by atoms with E-state index in [0.29, 0.717) is 38.0 Å². The standard InChI is InChI=1S/C23H27N3O4S/c1-17-9-11-21(12-10-17)31(29,30)25-13-3-5-18(16-25)23(28)24-19-6-2-7-20(15-19)26-14-4-8-22(26)27/h2,6-7,9-12,15,18H,3-5,8,13-14,16H2,1H3,(H,24,28)/t18-/m0/s1. The van der Waals surface area contributed by atoms with Gasteiger partial charge in [0.2, 0.25) is 21.8 Å². The molecule has 8 heteroatoms. The number of hydrogen-bond donors (Lipinski definition) is 1. The van der Waals surface area contributed by atoms with Crippen LogP contribution in [0.15, 0.2) is 53.4 Å². The summed E-state index contributed by atoms with van der Waals surface area (Å²) in [5.74, 6) is -0.535. The van der Waals surface area contributed by atoms with Gasteiger partial charge >= 0.3 is 0 Å². The van der Waals surface area contributed by atoms with Crippen molar-refractivity contribution >= 4 is 33.2 Å². The van der Waals surface area contributed by atoms with Crippen LogP contribution < -0.4 is 10.2 Å². The number of amides is 2. The second-order valence-electron chi connectivity index (χ2n) is 8.20. The van der Waals surface area contributed by atoms with Gasteiger partial charge in [0.05, 0.1) is 10.8 Å². The Hall–Kier alpha value is -2.71. The van der Waals surface area contributed by atoms with Crippen LogP contribution in [0.25, 0.3) is 0 Å². The fraction of sp³-hybridized carbons (Fsp3) is 0.391. The summed E-state index contributed by atoms with van der Waals surface area (Å²) in [6.07, 6.45) is 2.65. The summed E-state index contributed by atoms with van der Waals surface area (Å²) >= 11 is 0. The SMILES string of the molecule is Cc1ccc(S(=O)(=O)N2CCC[C@H](C(=O)Nc3cccc(N4CCCC4=O)c3)C2)cc1. The fourth-order valence-corrected chi connectivity index (χ4v) is 5.67. The van der Waals surface area contributed by atoms with Crippen LogP contribution in [-0.4, -0.2) is 44.2 Å². The van der Waals surface area contributed by atoms with Gasteiger partial charge in [-0.05, 0) is 56.5 Å². The third kappa shape index (κ3) is 4.65. The summed E-state index contributed by atoms with van der Waals surface area (Å²) in [5.41, 5.74) is 2.38. The first-order chi connectivity index (χ1) is 14.8. The summed E-state index contributed by atoms with van der Waals surface area (Å²) in [7, 11) is -3.63. The average molecular weight is 442 g/mol. The van der Waals surface area contributed by atoms with E-state index >= 15 is 0 Å². The van der Waals surface area contributed by atoms with E-state index in [9.17, 15) is 18.0 Å². The van der Waals surface area contributed by atoms with Crippen LogP contribution in [0, 0.1) is 12.8 Å². The number of carbonyl (C=O) groups excluding carboxylic acids is 2. The fourth-order valence-electron chi connectivity index (χ4n) is 4.15. The smallest absolute Gasteiger partial charge is 0.243 e. The van der Waals surface area contributed by atoms with Crippen LogP contribution in [0.1, 0.15) is 31.2 Å². The van der Waals surface area contributed by atoms with E-state index < -0.39 is 15.9 Å². The van der Waals surface area contributed by atoms with Gasteiger partial charge in [-0.2, -0.15) is 4.31 Å². The lowest BCUT2D eigenvalue weighted by molar-refractivity contribution is -0.121. The van der Waals surface area contributed by atoms with Crippen molar-refractivity contribution < 1.29 is 18.0 Å². The molecule has 2 aromatic carbocycles. The molecule has 0 bridgehead atoms. The summed E-state index contributed by atoms with van der Waals surface area (Å²) in [5, 5.41) is 2.91. The first kappa shape index (κ1) is 21.5. The molecule has 2 saturated heterocycles. The highest BCUT2D eigenvalue weighted by atomic mass is 32.2. The summed E-state index contributed by atoms with van der Waals surface area (Å²) in [6.45, 7) is 3.16. The molecule has 0 aromatic heterocycles. The van der Waals surface area contributed by atoms with Crippen LogP contribution >= 0.6 is 0 Å². The largest absolute Gasteiger partial charge is 0.326 e. The van der Waals surface area contributed by atoms with Crippen LogP contribution in [-0.2, 0) is 19.6 Å². The molecule has 164 valence electrons. The minimum Gasteiger partial charge on any atom is -0.326 e. The highest BCUT2D eigenvalue weighted by molar-refractivity contribution is 7.89. The normalized spacial score (nSPS) is 20.1. The number of nitrogens with one attached hydrogen (secondary N) is 1. The van der Waals surface area contributed by atoms with E-state index in [0.717, 1.165) is 17.7 Å². The van der Waals surface area contributed by atoms with Crippen LogP contribution in [0.4, 0.5) is 11.4 Å². The van der Waals surface area contributed by atoms with Crippen molar-refractivity contribution in [1.82, 2.24) is 4.31 Å². The molecule has 2 aliphatic heterocycles. The predicted octanol–water partition coefficient (Wildman–Crippen LogP) is 3.16. The van der Waals surface area contributed by atoms with E-state index in [-0.39, 0.29) is 23.3 Å². The van der Waals surface area contributed by atoms with Crippen LogP contribution in [0.2, 0.25) is 0 Å². The maximum Gasteiger partial charge on any atom is 0.243 e. The van der Waals surface area contributed by atoms with E-state index in [1.165, 1.54) is 4.31 Å². The number of piperidine rings is 1. The van der Waals surface area contributed by atoms with Gasteiger partial charge in [0.1, 0.15) is 0 Å². The number of hydrogen-bond acceptors (Lipinski definition) is 4. The zero-order chi connectivity index (χ0) is 22.0. The Morgan fingerprint density at radius 2 is 1.84 bits per heavy atom. The highest BCUT2D eigenvalue weighted by Crippen LogP contribution is 2.27. The van der Waals surface area contributed by atoms with Crippen molar-refractivity contribution in [3.8, 4) is 0 Å². The molecule has 31 heavy (non-hydrogen) atoms. The first-order valence-corrected chi connectivity index (χ1v) is 12.1. The molecule has 0 spiro atoms. The summed E-state index contributed by atoms with van der Waals surface area (Å²) in [4.78, 5) is 26.9. The van der Waals surface area contributed by atoms with Gasteiger partial charge in [-0.1, -0.05) is 23.8 Å². The van der Waals surface area contributed by atoms with Gasteiger partial charge in [0, 0.05) is 37.4 Å². The summed E-state index contributed by atoms with van der Waals surface area (Å²) in [6, 6.07) is 14.0. The molecular formula is C23H27N3O4S. The number of benzene rings is 2. The Bertz CT molecular complexity index is 1080. The van der Waals surface area contributed by atoms with Crippen molar-refractivity contribution in [3.05, 3.63) is 54.1 Å². The Morgan fingerprint density at radius 3 is 2.55 bits per heavy atom. The van der Waals surface area contributed by atoms with Gasteiger partial charge in [0.15, 0.2) is 0 Å². The van der Waals surface area contributed by atoms with Gasteiger partial charge < -0.3 is 10.2 Å². The molecule has 0 unspecified atom stereocenters. The minimum absolute atomic E-state index is 0.0905. The van der Waals surface area contributed by atoms with Crippen molar-refractivity contribution in [1.29, 1.82) is 0 Å². The zero-order valence-corrected chi connectivity index (χ0v) is 18.4. The molecule has 1 atom stereocenters. The molecule has 0 saturated carbocycles. The second kappa shape index (κ2) is 8.80. The number of rotatable bonds is 5. The number of aryl methyl sites for hydroxylation is 1. The van der Waals surface area contributed by atoms with Gasteiger partial charge in [-0.25, -0.2) is 8.42 Å². The molecule has 2 aromatic rings. The molecular weight excluding hydrogens is 414 g/mol. The topological polar surface area (TPSA) is 86.8 Å². The third-order valence-corrected chi connectivity index (χ3v) is 7.79. The molecule has 7 nitrogen and oxygen atoms in total. The molecule has 0 radical (unpaired) electrons. The van der Waals surface area contributed by atoms with Crippen molar-refractivity contribution in [3.63, 3.8) is 0 Å². The number of carbonyl (C=O) groups is 2. The number of nitrogens with zero attached hydrogens (tertiary/aromatic N) is 2. The molecule has 2 aliphatic rings. The Kier molecular flexibility index (Phi) is 6.11. The predicted molar refractivity (Wildman–Crippen MR) is 119 cm³/mol. The lowest BCUT2D eigenvalue weighted by atomic mass is 9.98. The second-order valence-corrected chi connectivity index (χ2v) is 10.1. The van der Waals surface area contributed by atoms with Gasteiger partial charge in [-0.15, -0.1) is 0 Å². The molecule has 4 rings (SSSR count). The van der Waals surface area contributed by atoms with E-state index in [2.05, 4.69) is 5.32 Å². The molecule has 2 heterocycles. The van der Waals surface area contributed by atoms with E-state index in [4.69, 9.17) is 0 Å². The van der Waals surface area contributed by atoms with E-state index in [1.807, 2.05) is 19.1 Å². The monoisotopic (exact) mass is 441 g/mol. The van der Waals surface area contributed by atoms with Gasteiger partial charge in [-0.3, -0.25) is 9.59 Å². The Labute approximate surface area is 183 Å². The molecule has 2 fully saturated rings. The molecule has 2 amide bonds. The minimum atomic E-state index is -3.63. The average Bonchev–Trinajstić information content (AvgIpc) is 3.20. The Balaban J connectivity index is 1.45. The van der Waals surface area contributed by atoms with Crippen molar-refractivity contribution in [2.45, 2.75) is 37.5 Å². The van der Waals surface area contributed by atoms with Crippen LogP contribution in [0.3, 0.4) is 0 Å². The summed E-state index contributed by atoms with van der Waals surface area (Å²) < 4.78 is 27.4. The lowest BCUT2D eigenvalue weighted by Gasteiger charge is -2.31. The zero-order valence-electron chi connectivity index (χ0n) is 17.6. The maximum absolute atomic E-state index is 13.0. The maximum atomic E-state index is 13.0. The van der Waals surface area contributed by atoms with Gasteiger partial charge in [0.25, 0.3) is 0 Å². The van der Waals surface area contributed by atoms with Crippen LogP contribution in [0.5, 0.6) is 0 Å². The molecule has 1 N–H and O–H groups in total.